The van der Waals surface area contributed by atoms with Crippen LogP contribution in [0.25, 0.3) is 0 Å². The van der Waals surface area contributed by atoms with E-state index in [1.54, 1.807) is 6.42 Å². The number of rotatable bonds is 1. The molecule has 2 aliphatic rings. The van der Waals surface area contributed by atoms with Crippen LogP contribution >= 0.6 is 0 Å². The Kier molecular flexibility index (Phi) is 1.69. The molecular formula is C9H17N. The van der Waals surface area contributed by atoms with Gasteiger partial charge in [-0.2, -0.15) is 0 Å². The molecule has 1 nitrogen and oxygen atoms in total. The highest BCUT2D eigenvalue weighted by Gasteiger charge is 2.38. The SMILES string of the molecule is CNC1CC[C@@H]2C[C@@H]2CC1. The van der Waals surface area contributed by atoms with Crippen LogP contribution in [-0.2, 0) is 0 Å². The van der Waals surface area contributed by atoms with Crippen molar-refractivity contribution in [3.8, 4) is 0 Å². The Morgan fingerprint density at radius 1 is 1.00 bits per heavy atom. The van der Waals surface area contributed by atoms with Gasteiger partial charge in [-0.25, -0.2) is 0 Å². The molecule has 2 rings (SSSR count). The fraction of sp³-hybridized carbons (Fsp3) is 1.00. The molecule has 0 aliphatic heterocycles. The monoisotopic (exact) mass is 139 g/mol. The van der Waals surface area contributed by atoms with E-state index in [0.717, 1.165) is 17.9 Å². The van der Waals surface area contributed by atoms with Gasteiger partial charge in [0.15, 0.2) is 0 Å². The lowest BCUT2D eigenvalue weighted by molar-refractivity contribution is 0.477. The van der Waals surface area contributed by atoms with E-state index < -0.39 is 0 Å². The summed E-state index contributed by atoms with van der Waals surface area (Å²) in [5.41, 5.74) is 0. The molecule has 3 atom stereocenters. The quantitative estimate of drug-likeness (QED) is 0.584. The van der Waals surface area contributed by atoms with Crippen molar-refractivity contribution in [2.75, 3.05) is 7.05 Å². The molecule has 0 heterocycles. The molecule has 0 aromatic carbocycles. The molecule has 0 aromatic rings. The predicted molar refractivity (Wildman–Crippen MR) is 42.9 cm³/mol. The van der Waals surface area contributed by atoms with Crippen LogP contribution in [0.4, 0.5) is 0 Å². The fourth-order valence-corrected chi connectivity index (χ4v) is 2.28. The van der Waals surface area contributed by atoms with Gasteiger partial charge in [0, 0.05) is 6.04 Å². The van der Waals surface area contributed by atoms with Crippen molar-refractivity contribution in [1.29, 1.82) is 0 Å². The summed E-state index contributed by atoms with van der Waals surface area (Å²) in [7, 11) is 2.10. The largest absolute Gasteiger partial charge is 0.317 e. The highest BCUT2D eigenvalue weighted by Crippen LogP contribution is 2.47. The molecule has 0 saturated heterocycles. The summed E-state index contributed by atoms with van der Waals surface area (Å²) in [5, 5.41) is 3.38. The zero-order valence-electron chi connectivity index (χ0n) is 6.77. The van der Waals surface area contributed by atoms with E-state index in [1.165, 1.54) is 25.7 Å². The molecule has 1 unspecified atom stereocenters. The summed E-state index contributed by atoms with van der Waals surface area (Å²) in [6.07, 6.45) is 7.40. The molecule has 1 N–H and O–H groups in total. The van der Waals surface area contributed by atoms with Gasteiger partial charge in [0.25, 0.3) is 0 Å². The van der Waals surface area contributed by atoms with Gasteiger partial charge in [0.05, 0.1) is 0 Å². The zero-order chi connectivity index (χ0) is 6.97. The highest BCUT2D eigenvalue weighted by atomic mass is 14.9. The molecule has 2 aliphatic carbocycles. The smallest absolute Gasteiger partial charge is 0.00642 e. The summed E-state index contributed by atoms with van der Waals surface area (Å²) in [6, 6.07) is 0.841. The molecule has 0 aromatic heterocycles. The van der Waals surface area contributed by atoms with Crippen LogP contribution in [0.2, 0.25) is 0 Å². The van der Waals surface area contributed by atoms with Crippen molar-refractivity contribution in [1.82, 2.24) is 5.32 Å². The van der Waals surface area contributed by atoms with Crippen molar-refractivity contribution in [2.45, 2.75) is 38.1 Å². The Bertz CT molecular complexity index is 110. The summed E-state index contributed by atoms with van der Waals surface area (Å²) in [4.78, 5) is 0. The number of hydrogen-bond acceptors (Lipinski definition) is 1. The molecule has 0 amide bonds. The van der Waals surface area contributed by atoms with Gasteiger partial charge in [-0.1, -0.05) is 0 Å². The van der Waals surface area contributed by atoms with E-state index in [-0.39, 0.29) is 0 Å². The molecule has 1 heteroatoms. The second kappa shape index (κ2) is 2.54. The normalized spacial score (nSPS) is 45.9. The van der Waals surface area contributed by atoms with Gasteiger partial charge in [-0.15, -0.1) is 0 Å². The van der Waals surface area contributed by atoms with Gasteiger partial charge in [-0.05, 0) is 51.0 Å². The second-order valence-corrected chi connectivity index (χ2v) is 3.90. The van der Waals surface area contributed by atoms with E-state index in [1.807, 2.05) is 0 Å². The molecule has 2 fully saturated rings. The first kappa shape index (κ1) is 6.66. The third-order valence-corrected chi connectivity index (χ3v) is 3.25. The fourth-order valence-electron chi connectivity index (χ4n) is 2.28. The maximum Gasteiger partial charge on any atom is 0.00642 e. The molecule has 0 bridgehead atoms. The van der Waals surface area contributed by atoms with Crippen molar-refractivity contribution in [3.63, 3.8) is 0 Å². The molecule has 10 heavy (non-hydrogen) atoms. The standard InChI is InChI=1S/C9H17N/c1-10-9-4-2-7-6-8(7)3-5-9/h7-10H,2-6H2,1H3/t7-,8+,9?. The first-order chi connectivity index (χ1) is 4.90. The van der Waals surface area contributed by atoms with E-state index in [4.69, 9.17) is 0 Å². The molecule has 2 saturated carbocycles. The summed E-state index contributed by atoms with van der Waals surface area (Å²) in [5.74, 6) is 2.27. The molecule has 0 radical (unpaired) electrons. The maximum atomic E-state index is 3.38. The van der Waals surface area contributed by atoms with Crippen LogP contribution in [-0.4, -0.2) is 13.1 Å². The Morgan fingerprint density at radius 2 is 1.60 bits per heavy atom. The predicted octanol–water partition coefficient (Wildman–Crippen LogP) is 1.78. The Hall–Kier alpha value is -0.0400. The molecular weight excluding hydrogens is 122 g/mol. The first-order valence-electron chi connectivity index (χ1n) is 4.57. The van der Waals surface area contributed by atoms with Crippen LogP contribution in [0.5, 0.6) is 0 Å². The molecule has 0 spiro atoms. The lowest BCUT2D eigenvalue weighted by Gasteiger charge is -2.12. The number of hydrogen-bond donors (Lipinski definition) is 1. The topological polar surface area (TPSA) is 12.0 Å². The van der Waals surface area contributed by atoms with Crippen molar-refractivity contribution < 1.29 is 0 Å². The zero-order valence-corrected chi connectivity index (χ0v) is 6.77. The number of nitrogens with one attached hydrogen (secondary N) is 1. The van der Waals surface area contributed by atoms with Gasteiger partial charge < -0.3 is 5.32 Å². The van der Waals surface area contributed by atoms with Crippen LogP contribution in [0.1, 0.15) is 32.1 Å². The minimum atomic E-state index is 0.841. The molecule has 58 valence electrons. The van der Waals surface area contributed by atoms with E-state index in [2.05, 4.69) is 12.4 Å². The van der Waals surface area contributed by atoms with Gasteiger partial charge in [-0.3, -0.25) is 0 Å². The minimum absolute atomic E-state index is 0.841. The summed E-state index contributed by atoms with van der Waals surface area (Å²) < 4.78 is 0. The Labute approximate surface area is 63.2 Å². The van der Waals surface area contributed by atoms with Crippen LogP contribution in [0, 0.1) is 11.8 Å². The highest BCUT2D eigenvalue weighted by molar-refractivity contribution is 4.90. The lowest BCUT2D eigenvalue weighted by atomic mass is 10.1. The Morgan fingerprint density at radius 3 is 2.10 bits per heavy atom. The Balaban J connectivity index is 1.84. The average molecular weight is 139 g/mol. The number of fused-ring (bicyclic) bond motifs is 1. The van der Waals surface area contributed by atoms with Crippen molar-refractivity contribution in [3.05, 3.63) is 0 Å². The van der Waals surface area contributed by atoms with Gasteiger partial charge in [0.1, 0.15) is 0 Å². The van der Waals surface area contributed by atoms with Crippen molar-refractivity contribution >= 4 is 0 Å². The second-order valence-electron chi connectivity index (χ2n) is 3.90. The maximum absolute atomic E-state index is 3.38. The summed E-state index contributed by atoms with van der Waals surface area (Å²) in [6.45, 7) is 0. The minimum Gasteiger partial charge on any atom is -0.317 e. The third-order valence-electron chi connectivity index (χ3n) is 3.25. The van der Waals surface area contributed by atoms with Gasteiger partial charge in [0.2, 0.25) is 0 Å². The van der Waals surface area contributed by atoms with Crippen LogP contribution in [0.3, 0.4) is 0 Å². The van der Waals surface area contributed by atoms with Gasteiger partial charge >= 0.3 is 0 Å². The summed E-state index contributed by atoms with van der Waals surface area (Å²) >= 11 is 0. The lowest BCUT2D eigenvalue weighted by Crippen LogP contribution is -2.24. The van der Waals surface area contributed by atoms with Crippen molar-refractivity contribution in [2.24, 2.45) is 11.8 Å². The first-order valence-corrected chi connectivity index (χ1v) is 4.57. The third kappa shape index (κ3) is 1.20. The van der Waals surface area contributed by atoms with E-state index in [0.29, 0.717) is 0 Å². The average Bonchev–Trinajstić information content (AvgIpc) is 2.63. The van der Waals surface area contributed by atoms with E-state index >= 15 is 0 Å². The van der Waals surface area contributed by atoms with Crippen LogP contribution in [0.15, 0.2) is 0 Å². The van der Waals surface area contributed by atoms with Crippen LogP contribution < -0.4 is 5.32 Å². The van der Waals surface area contributed by atoms with E-state index in [9.17, 15) is 0 Å².